The summed E-state index contributed by atoms with van der Waals surface area (Å²) in [5.74, 6) is -0.681. The van der Waals surface area contributed by atoms with Gasteiger partial charge in [0, 0.05) is 12.6 Å². The molecule has 1 aromatic carbocycles. The number of ether oxygens (including phenoxy) is 1. The van der Waals surface area contributed by atoms with Crippen molar-refractivity contribution < 1.29 is 17.9 Å². The molecule has 0 spiro atoms. The first kappa shape index (κ1) is 18.9. The van der Waals surface area contributed by atoms with E-state index >= 15 is 0 Å². The van der Waals surface area contributed by atoms with E-state index in [2.05, 4.69) is 0 Å². The monoisotopic (exact) mass is 353 g/mol. The molecule has 0 unspecified atom stereocenters. The second-order valence-corrected chi connectivity index (χ2v) is 8.35. The normalized spacial score (nSPS) is 24.9. The summed E-state index contributed by atoms with van der Waals surface area (Å²) in [6.07, 6.45) is 1.72. The van der Waals surface area contributed by atoms with Gasteiger partial charge in [0.2, 0.25) is 10.0 Å². The van der Waals surface area contributed by atoms with Gasteiger partial charge in [-0.25, -0.2) is 8.42 Å². The molecule has 1 aliphatic heterocycles. The summed E-state index contributed by atoms with van der Waals surface area (Å²) in [4.78, 5) is 12.6. The van der Waals surface area contributed by atoms with Gasteiger partial charge in [0.1, 0.15) is 0 Å². The summed E-state index contributed by atoms with van der Waals surface area (Å²) in [7, 11) is -3.61. The zero-order chi connectivity index (χ0) is 17.9. The van der Waals surface area contributed by atoms with Crippen molar-refractivity contribution in [3.63, 3.8) is 0 Å². The number of nitrogens with zero attached hydrogens (tertiary/aromatic N) is 1. The van der Waals surface area contributed by atoms with Crippen molar-refractivity contribution in [1.29, 1.82) is 0 Å². The molecule has 1 aliphatic rings. The lowest BCUT2D eigenvalue weighted by molar-refractivity contribution is -0.149. The second kappa shape index (κ2) is 7.66. The third kappa shape index (κ3) is 3.64. The number of rotatable bonds is 6. The Balaban J connectivity index is 2.33. The summed E-state index contributed by atoms with van der Waals surface area (Å²) in [6, 6.07) is 6.44. The Morgan fingerprint density at radius 2 is 1.88 bits per heavy atom. The Hall–Kier alpha value is -1.40. The summed E-state index contributed by atoms with van der Waals surface area (Å²) >= 11 is 0. The van der Waals surface area contributed by atoms with Crippen LogP contribution in [0.25, 0.3) is 0 Å². The van der Waals surface area contributed by atoms with Crippen LogP contribution in [-0.4, -0.2) is 37.9 Å². The third-order valence-corrected chi connectivity index (χ3v) is 6.71. The van der Waals surface area contributed by atoms with E-state index in [0.29, 0.717) is 13.2 Å². The zero-order valence-corrected chi connectivity index (χ0v) is 15.7. The fourth-order valence-electron chi connectivity index (χ4n) is 3.52. The lowest BCUT2D eigenvalue weighted by atomic mass is 9.88. The van der Waals surface area contributed by atoms with Crippen LogP contribution in [0.3, 0.4) is 0 Å². The van der Waals surface area contributed by atoms with Crippen molar-refractivity contribution in [2.45, 2.75) is 51.5 Å². The van der Waals surface area contributed by atoms with Gasteiger partial charge in [0.05, 0.1) is 17.4 Å². The van der Waals surface area contributed by atoms with Crippen LogP contribution in [0.4, 0.5) is 0 Å². The lowest BCUT2D eigenvalue weighted by Crippen LogP contribution is -2.38. The summed E-state index contributed by atoms with van der Waals surface area (Å²) in [5.41, 5.74) is 1.01. The summed E-state index contributed by atoms with van der Waals surface area (Å²) in [6.45, 7) is 8.23. The van der Waals surface area contributed by atoms with Gasteiger partial charge >= 0.3 is 5.97 Å². The lowest BCUT2D eigenvalue weighted by Gasteiger charge is -2.23. The van der Waals surface area contributed by atoms with Crippen LogP contribution in [-0.2, 0) is 19.6 Å². The Labute approximate surface area is 145 Å². The zero-order valence-electron chi connectivity index (χ0n) is 14.9. The quantitative estimate of drug-likeness (QED) is 0.738. The van der Waals surface area contributed by atoms with Crippen molar-refractivity contribution >= 4 is 16.0 Å². The molecule has 134 valence electrons. The van der Waals surface area contributed by atoms with Crippen LogP contribution in [0.2, 0.25) is 0 Å². The van der Waals surface area contributed by atoms with Crippen LogP contribution < -0.4 is 0 Å². The van der Waals surface area contributed by atoms with E-state index < -0.39 is 22.0 Å². The highest BCUT2D eigenvalue weighted by Crippen LogP contribution is 2.37. The number of aryl methyl sites for hydroxylation is 1. The van der Waals surface area contributed by atoms with Crippen LogP contribution in [0, 0.1) is 18.8 Å². The molecule has 1 heterocycles. The SMILES string of the molecule is CCC[C@H]1CN(S(=O)(=O)c2ccc(C)cc2)[C@H](C)[C@@H]1C(=O)OCC. The molecule has 6 heteroatoms. The number of sulfonamides is 1. The van der Waals surface area contributed by atoms with Crippen LogP contribution in [0.15, 0.2) is 29.2 Å². The molecule has 0 bridgehead atoms. The minimum Gasteiger partial charge on any atom is -0.466 e. The van der Waals surface area contributed by atoms with Gasteiger partial charge in [-0.15, -0.1) is 0 Å². The number of carbonyl (C=O) groups is 1. The molecule has 1 saturated heterocycles. The molecule has 1 fully saturated rings. The van der Waals surface area contributed by atoms with Gasteiger partial charge in [-0.1, -0.05) is 31.0 Å². The van der Waals surface area contributed by atoms with E-state index in [1.807, 2.05) is 20.8 Å². The Kier molecular flexibility index (Phi) is 6.04. The van der Waals surface area contributed by atoms with E-state index in [-0.39, 0.29) is 16.8 Å². The van der Waals surface area contributed by atoms with Crippen molar-refractivity contribution in [3.05, 3.63) is 29.8 Å². The first-order valence-electron chi connectivity index (χ1n) is 8.58. The van der Waals surface area contributed by atoms with Crippen LogP contribution in [0.1, 0.15) is 39.2 Å². The topological polar surface area (TPSA) is 63.7 Å². The van der Waals surface area contributed by atoms with Crippen LogP contribution >= 0.6 is 0 Å². The Morgan fingerprint density at radius 1 is 1.25 bits per heavy atom. The maximum atomic E-state index is 13.0. The van der Waals surface area contributed by atoms with Gasteiger partial charge in [-0.05, 0) is 45.2 Å². The molecule has 2 rings (SSSR count). The molecule has 0 N–H and O–H groups in total. The van der Waals surface area contributed by atoms with Gasteiger partial charge in [0.25, 0.3) is 0 Å². The van der Waals surface area contributed by atoms with Gasteiger partial charge < -0.3 is 4.74 Å². The predicted octanol–water partition coefficient (Wildman–Crippen LogP) is 2.98. The first-order chi connectivity index (χ1) is 11.3. The highest BCUT2D eigenvalue weighted by atomic mass is 32.2. The largest absolute Gasteiger partial charge is 0.466 e. The van der Waals surface area contributed by atoms with Crippen LogP contribution in [0.5, 0.6) is 0 Å². The first-order valence-corrected chi connectivity index (χ1v) is 10.0. The Morgan fingerprint density at radius 3 is 2.42 bits per heavy atom. The van der Waals surface area contributed by atoms with E-state index in [1.54, 1.807) is 31.2 Å². The highest BCUT2D eigenvalue weighted by Gasteiger charge is 2.48. The Bertz CT molecular complexity index is 669. The molecule has 0 radical (unpaired) electrons. The number of esters is 1. The van der Waals surface area contributed by atoms with Gasteiger partial charge in [-0.2, -0.15) is 4.31 Å². The maximum absolute atomic E-state index is 13.0. The summed E-state index contributed by atoms with van der Waals surface area (Å²) < 4.78 is 32.7. The molecule has 0 saturated carbocycles. The molecule has 3 atom stereocenters. The average molecular weight is 353 g/mol. The average Bonchev–Trinajstić information content (AvgIpc) is 2.85. The predicted molar refractivity (Wildman–Crippen MR) is 93.1 cm³/mol. The minimum absolute atomic E-state index is 0.00396. The van der Waals surface area contributed by atoms with Gasteiger partial charge in [-0.3, -0.25) is 4.79 Å². The van der Waals surface area contributed by atoms with E-state index in [4.69, 9.17) is 4.74 Å². The summed E-state index contributed by atoms with van der Waals surface area (Å²) in [5, 5.41) is 0. The van der Waals surface area contributed by atoms with Crippen molar-refractivity contribution in [3.8, 4) is 0 Å². The molecular formula is C18H27NO4S. The highest BCUT2D eigenvalue weighted by molar-refractivity contribution is 7.89. The smallest absolute Gasteiger partial charge is 0.310 e. The molecule has 0 aromatic heterocycles. The molecular weight excluding hydrogens is 326 g/mol. The standard InChI is InChI=1S/C18H27NO4S/c1-5-7-15-12-19(14(4)17(15)18(20)23-6-2)24(21,22)16-10-8-13(3)9-11-16/h8-11,14-15,17H,5-7,12H2,1-4H3/t14-,15+,17+/m1/s1. The molecule has 24 heavy (non-hydrogen) atoms. The maximum Gasteiger partial charge on any atom is 0.310 e. The molecule has 5 nitrogen and oxygen atoms in total. The van der Waals surface area contributed by atoms with Crippen molar-refractivity contribution in [1.82, 2.24) is 4.31 Å². The number of hydrogen-bond donors (Lipinski definition) is 0. The van der Waals surface area contributed by atoms with Crippen molar-refractivity contribution in [2.24, 2.45) is 11.8 Å². The fourth-order valence-corrected chi connectivity index (χ4v) is 5.22. The molecule has 0 amide bonds. The van der Waals surface area contributed by atoms with Crippen molar-refractivity contribution in [2.75, 3.05) is 13.2 Å². The number of hydrogen-bond acceptors (Lipinski definition) is 4. The van der Waals surface area contributed by atoms with E-state index in [1.165, 1.54) is 4.31 Å². The third-order valence-electron chi connectivity index (χ3n) is 4.74. The van der Waals surface area contributed by atoms with E-state index in [9.17, 15) is 13.2 Å². The molecule has 1 aromatic rings. The molecule has 0 aliphatic carbocycles. The van der Waals surface area contributed by atoms with Gasteiger partial charge in [0.15, 0.2) is 0 Å². The second-order valence-electron chi connectivity index (χ2n) is 6.45. The number of carbonyl (C=O) groups excluding carboxylic acids is 1. The van der Waals surface area contributed by atoms with E-state index in [0.717, 1.165) is 18.4 Å². The minimum atomic E-state index is -3.61. The fraction of sp³-hybridized carbons (Fsp3) is 0.611. The number of benzene rings is 1.